The minimum absolute atomic E-state index is 0.222. The molecule has 0 atom stereocenters. The van der Waals surface area contributed by atoms with Gasteiger partial charge in [0.15, 0.2) is 0 Å². The lowest BCUT2D eigenvalue weighted by Gasteiger charge is -2.25. The number of morpholine rings is 1. The number of nitrogens with zero attached hydrogens (tertiary/aromatic N) is 2. The monoisotopic (exact) mass is 408 g/mol. The van der Waals surface area contributed by atoms with Crippen molar-refractivity contribution < 1.29 is 17.9 Å². The molecule has 27 heavy (non-hydrogen) atoms. The second-order valence-corrected chi connectivity index (χ2v) is 9.42. The topological polar surface area (TPSA) is 68.7 Å². The van der Waals surface area contributed by atoms with Crippen LogP contribution < -0.4 is 4.74 Å². The Morgan fingerprint density at radius 3 is 2.48 bits per heavy atom. The van der Waals surface area contributed by atoms with E-state index in [4.69, 9.17) is 9.47 Å². The fourth-order valence-electron chi connectivity index (χ4n) is 2.86. The molecule has 146 valence electrons. The summed E-state index contributed by atoms with van der Waals surface area (Å²) in [7, 11) is -3.49. The summed E-state index contributed by atoms with van der Waals surface area (Å²) in [6.07, 6.45) is 1.43. The maximum atomic E-state index is 12.6. The molecule has 0 aliphatic carbocycles. The molecule has 1 aromatic carbocycles. The lowest BCUT2D eigenvalue weighted by molar-refractivity contribution is 0.0730. The quantitative estimate of drug-likeness (QED) is 0.518. The first kappa shape index (κ1) is 20.1. The molecule has 0 radical (unpaired) electrons. The Morgan fingerprint density at radius 2 is 1.85 bits per heavy atom. The molecule has 1 aliphatic heterocycles. The van der Waals surface area contributed by atoms with E-state index in [0.717, 1.165) is 16.5 Å². The molecular weight excluding hydrogens is 384 g/mol. The molecule has 2 aromatic rings. The summed E-state index contributed by atoms with van der Waals surface area (Å²) in [5, 5.41) is 0.778. The molecule has 0 N–H and O–H groups in total. The van der Waals surface area contributed by atoms with E-state index >= 15 is 0 Å². The highest BCUT2D eigenvalue weighted by atomic mass is 32.2. The van der Waals surface area contributed by atoms with Gasteiger partial charge in [0.05, 0.1) is 24.8 Å². The van der Waals surface area contributed by atoms with Gasteiger partial charge in [0.2, 0.25) is 10.0 Å². The fraction of sp³-hybridized carbons (Fsp3) is 0.421. The van der Waals surface area contributed by atoms with E-state index in [1.807, 2.05) is 26.0 Å². The number of benzene rings is 1. The molecule has 0 amide bonds. The van der Waals surface area contributed by atoms with Crippen molar-refractivity contribution in [3.05, 3.63) is 47.7 Å². The van der Waals surface area contributed by atoms with E-state index in [2.05, 4.69) is 11.1 Å². The van der Waals surface area contributed by atoms with Crippen molar-refractivity contribution in [1.29, 1.82) is 0 Å². The van der Waals surface area contributed by atoms with Gasteiger partial charge < -0.3 is 9.47 Å². The van der Waals surface area contributed by atoms with Gasteiger partial charge in [0.1, 0.15) is 10.6 Å². The van der Waals surface area contributed by atoms with Gasteiger partial charge in [-0.05, 0) is 49.2 Å². The van der Waals surface area contributed by atoms with Gasteiger partial charge in [-0.25, -0.2) is 13.4 Å². The molecule has 0 bridgehead atoms. The van der Waals surface area contributed by atoms with Gasteiger partial charge in [0.25, 0.3) is 0 Å². The third kappa shape index (κ3) is 5.44. The van der Waals surface area contributed by atoms with Crippen LogP contribution in [-0.4, -0.2) is 56.4 Å². The Kier molecular flexibility index (Phi) is 6.75. The molecule has 8 heteroatoms. The van der Waals surface area contributed by atoms with Crippen molar-refractivity contribution in [1.82, 2.24) is 9.29 Å². The van der Waals surface area contributed by atoms with Gasteiger partial charge >= 0.3 is 0 Å². The van der Waals surface area contributed by atoms with Crippen molar-refractivity contribution in [3.8, 4) is 5.75 Å². The highest BCUT2D eigenvalue weighted by Crippen LogP contribution is 2.21. The maximum absolute atomic E-state index is 12.6. The van der Waals surface area contributed by atoms with Gasteiger partial charge in [-0.3, -0.25) is 0 Å². The van der Waals surface area contributed by atoms with Gasteiger partial charge in [-0.2, -0.15) is 4.31 Å². The molecule has 1 aliphatic rings. The number of sulfonamides is 1. The Hall–Kier alpha value is -1.61. The normalized spacial score (nSPS) is 15.6. The molecule has 0 spiro atoms. The van der Waals surface area contributed by atoms with Crippen molar-refractivity contribution in [2.75, 3.05) is 38.7 Å². The van der Waals surface area contributed by atoms with E-state index in [1.54, 1.807) is 12.1 Å². The van der Waals surface area contributed by atoms with Crippen LogP contribution in [0.3, 0.4) is 0 Å². The predicted octanol–water partition coefficient (Wildman–Crippen LogP) is 2.89. The number of pyridine rings is 1. The second kappa shape index (κ2) is 9.05. The molecule has 1 fully saturated rings. The standard InChI is InChI=1S/C19H24N2O4S2/c1-15-11-16(2)13-17(12-15)25-9-10-26-19-4-3-18(14-20-19)27(22,23)21-5-7-24-8-6-21/h3-4,11-14H,5-10H2,1-2H3. The Balaban J connectivity index is 1.51. The number of aromatic nitrogens is 1. The van der Waals surface area contributed by atoms with Gasteiger partial charge in [-0.1, -0.05) is 6.07 Å². The van der Waals surface area contributed by atoms with Crippen molar-refractivity contribution in [3.63, 3.8) is 0 Å². The maximum Gasteiger partial charge on any atom is 0.244 e. The molecule has 1 saturated heterocycles. The SMILES string of the molecule is Cc1cc(C)cc(OCCSc2ccc(S(=O)(=O)N3CCOCC3)cn2)c1. The number of hydrogen-bond donors (Lipinski definition) is 0. The molecule has 6 nitrogen and oxygen atoms in total. The summed E-state index contributed by atoms with van der Waals surface area (Å²) in [5.74, 6) is 1.60. The van der Waals surface area contributed by atoms with Crippen LogP contribution in [0.1, 0.15) is 11.1 Å². The van der Waals surface area contributed by atoms with E-state index in [1.165, 1.54) is 33.4 Å². The molecule has 0 saturated carbocycles. The number of rotatable bonds is 7. The second-order valence-electron chi connectivity index (χ2n) is 6.37. The Labute approximate surface area is 164 Å². The van der Waals surface area contributed by atoms with Crippen molar-refractivity contribution >= 4 is 21.8 Å². The van der Waals surface area contributed by atoms with E-state index in [9.17, 15) is 8.42 Å². The Bertz CT molecular complexity index is 844. The molecule has 2 heterocycles. The van der Waals surface area contributed by atoms with Crippen molar-refractivity contribution in [2.24, 2.45) is 0 Å². The average Bonchev–Trinajstić information content (AvgIpc) is 2.66. The summed E-state index contributed by atoms with van der Waals surface area (Å²) in [6.45, 7) is 6.28. The van der Waals surface area contributed by atoms with Crippen LogP contribution in [0.4, 0.5) is 0 Å². The number of aryl methyl sites for hydroxylation is 2. The van der Waals surface area contributed by atoms with Gasteiger partial charge in [-0.15, -0.1) is 11.8 Å². The zero-order valence-corrected chi connectivity index (χ0v) is 17.2. The minimum atomic E-state index is -3.49. The van der Waals surface area contributed by atoms with Crippen LogP contribution in [-0.2, 0) is 14.8 Å². The first-order chi connectivity index (χ1) is 12.9. The third-order valence-corrected chi connectivity index (χ3v) is 6.90. The zero-order chi connectivity index (χ0) is 19.3. The largest absolute Gasteiger partial charge is 0.493 e. The highest BCUT2D eigenvalue weighted by Gasteiger charge is 2.26. The molecule has 0 unspecified atom stereocenters. The van der Waals surface area contributed by atoms with E-state index < -0.39 is 10.0 Å². The third-order valence-electron chi connectivity index (χ3n) is 4.11. The van der Waals surface area contributed by atoms with Crippen LogP contribution in [0.25, 0.3) is 0 Å². The summed E-state index contributed by atoms with van der Waals surface area (Å²) in [4.78, 5) is 4.51. The van der Waals surface area contributed by atoms with Crippen LogP contribution in [0.15, 0.2) is 46.5 Å². The summed E-state index contributed by atoms with van der Waals surface area (Å²) < 4.78 is 37.6. The lowest BCUT2D eigenvalue weighted by atomic mass is 10.1. The van der Waals surface area contributed by atoms with Crippen LogP contribution in [0.2, 0.25) is 0 Å². The van der Waals surface area contributed by atoms with E-state index in [0.29, 0.717) is 32.9 Å². The van der Waals surface area contributed by atoms with Crippen LogP contribution in [0.5, 0.6) is 5.75 Å². The average molecular weight is 409 g/mol. The number of thioether (sulfide) groups is 1. The Morgan fingerprint density at radius 1 is 1.15 bits per heavy atom. The first-order valence-corrected chi connectivity index (χ1v) is 11.3. The lowest BCUT2D eigenvalue weighted by Crippen LogP contribution is -2.40. The van der Waals surface area contributed by atoms with Gasteiger partial charge in [0, 0.05) is 25.0 Å². The zero-order valence-electron chi connectivity index (χ0n) is 15.6. The van der Waals surface area contributed by atoms with Crippen LogP contribution in [0, 0.1) is 13.8 Å². The smallest absolute Gasteiger partial charge is 0.244 e. The van der Waals surface area contributed by atoms with Crippen molar-refractivity contribution in [2.45, 2.75) is 23.8 Å². The summed E-state index contributed by atoms with van der Waals surface area (Å²) >= 11 is 1.54. The number of ether oxygens (including phenoxy) is 2. The predicted molar refractivity (Wildman–Crippen MR) is 106 cm³/mol. The minimum Gasteiger partial charge on any atom is -0.493 e. The molecule has 1 aromatic heterocycles. The summed E-state index contributed by atoms with van der Waals surface area (Å²) in [6, 6.07) is 9.50. The first-order valence-electron chi connectivity index (χ1n) is 8.83. The molecular formula is C19H24N2O4S2. The van der Waals surface area contributed by atoms with Crippen LogP contribution >= 0.6 is 11.8 Å². The number of hydrogen-bond acceptors (Lipinski definition) is 6. The summed E-state index contributed by atoms with van der Waals surface area (Å²) in [5.41, 5.74) is 2.35. The molecule has 3 rings (SSSR count). The fourth-order valence-corrected chi connectivity index (χ4v) is 4.88. The van der Waals surface area contributed by atoms with E-state index in [-0.39, 0.29) is 4.90 Å². The highest BCUT2D eigenvalue weighted by molar-refractivity contribution is 7.99.